The monoisotopic (exact) mass is 168 g/mol. The van der Waals surface area contributed by atoms with Crippen molar-refractivity contribution in [3.05, 3.63) is 0 Å². The maximum atomic E-state index is 5.30. The molecule has 0 spiro atoms. The minimum atomic E-state index is 0.377. The van der Waals surface area contributed by atoms with E-state index in [1.54, 1.807) is 0 Å². The molecule has 3 rings (SSSR count). The van der Waals surface area contributed by atoms with E-state index in [0.29, 0.717) is 5.54 Å². The standard InChI is InChI=1S/C9H16N2O/c1-9(5-12-6-9)11-4-7-2-8(11)3-10-7/h7-8,10H,2-6H2,1H3/t7-,8-/m0/s1. The van der Waals surface area contributed by atoms with Crippen LogP contribution >= 0.6 is 0 Å². The minimum Gasteiger partial charge on any atom is -0.377 e. The molecule has 3 nitrogen and oxygen atoms in total. The zero-order valence-electron chi connectivity index (χ0n) is 7.55. The lowest BCUT2D eigenvalue weighted by atomic mass is 9.96. The first-order valence-corrected chi connectivity index (χ1v) is 4.86. The number of piperazine rings is 1. The molecule has 3 heteroatoms. The molecule has 0 saturated carbocycles. The minimum absolute atomic E-state index is 0.377. The van der Waals surface area contributed by atoms with Crippen molar-refractivity contribution in [2.24, 2.45) is 0 Å². The summed E-state index contributed by atoms with van der Waals surface area (Å²) in [6, 6.07) is 1.57. The molecule has 3 heterocycles. The van der Waals surface area contributed by atoms with Gasteiger partial charge in [0.05, 0.1) is 18.8 Å². The Morgan fingerprint density at radius 2 is 2.33 bits per heavy atom. The van der Waals surface area contributed by atoms with Crippen LogP contribution in [0.2, 0.25) is 0 Å². The Morgan fingerprint density at radius 1 is 1.50 bits per heavy atom. The fraction of sp³-hybridized carbons (Fsp3) is 1.00. The molecule has 2 bridgehead atoms. The Labute approximate surface area is 73.1 Å². The molecule has 0 aliphatic carbocycles. The van der Waals surface area contributed by atoms with Gasteiger partial charge in [-0.1, -0.05) is 0 Å². The van der Waals surface area contributed by atoms with Crippen LogP contribution in [0.15, 0.2) is 0 Å². The van der Waals surface area contributed by atoms with Gasteiger partial charge in [-0.25, -0.2) is 0 Å². The average Bonchev–Trinajstić information content (AvgIpc) is 2.59. The molecule has 2 atom stereocenters. The Morgan fingerprint density at radius 3 is 2.75 bits per heavy atom. The summed E-state index contributed by atoms with van der Waals surface area (Å²) >= 11 is 0. The van der Waals surface area contributed by atoms with Crippen LogP contribution in [0.25, 0.3) is 0 Å². The lowest BCUT2D eigenvalue weighted by molar-refractivity contribution is -0.137. The van der Waals surface area contributed by atoms with E-state index < -0.39 is 0 Å². The van der Waals surface area contributed by atoms with E-state index in [1.807, 2.05) is 0 Å². The van der Waals surface area contributed by atoms with Crippen molar-refractivity contribution in [1.29, 1.82) is 0 Å². The predicted molar refractivity (Wildman–Crippen MR) is 46.1 cm³/mol. The number of nitrogens with one attached hydrogen (secondary N) is 1. The van der Waals surface area contributed by atoms with Gasteiger partial charge in [-0.2, -0.15) is 0 Å². The second kappa shape index (κ2) is 2.22. The average molecular weight is 168 g/mol. The molecule has 0 aromatic heterocycles. The maximum absolute atomic E-state index is 5.30. The van der Waals surface area contributed by atoms with Crippen LogP contribution in [0.1, 0.15) is 13.3 Å². The van der Waals surface area contributed by atoms with E-state index in [2.05, 4.69) is 17.1 Å². The van der Waals surface area contributed by atoms with Crippen molar-refractivity contribution >= 4 is 0 Å². The van der Waals surface area contributed by atoms with E-state index in [4.69, 9.17) is 4.74 Å². The summed E-state index contributed by atoms with van der Waals surface area (Å²) in [5.74, 6) is 0. The number of fused-ring (bicyclic) bond motifs is 2. The molecular weight excluding hydrogens is 152 g/mol. The van der Waals surface area contributed by atoms with E-state index in [0.717, 1.165) is 25.3 Å². The zero-order chi connectivity index (χ0) is 8.18. The summed E-state index contributed by atoms with van der Waals surface area (Å²) < 4.78 is 5.30. The Kier molecular flexibility index (Phi) is 1.35. The lowest BCUT2D eigenvalue weighted by Gasteiger charge is -2.49. The summed E-state index contributed by atoms with van der Waals surface area (Å²) in [5.41, 5.74) is 0.377. The second-order valence-electron chi connectivity index (χ2n) is 4.64. The van der Waals surface area contributed by atoms with Gasteiger partial charge in [-0.15, -0.1) is 0 Å². The van der Waals surface area contributed by atoms with Crippen molar-refractivity contribution in [2.45, 2.75) is 31.0 Å². The van der Waals surface area contributed by atoms with Crippen LogP contribution in [0, 0.1) is 0 Å². The third kappa shape index (κ3) is 0.817. The molecule has 68 valence electrons. The lowest BCUT2D eigenvalue weighted by Crippen LogP contribution is -2.64. The number of nitrogens with zero attached hydrogens (tertiary/aromatic N) is 1. The zero-order valence-corrected chi connectivity index (χ0v) is 7.55. The third-order valence-corrected chi connectivity index (χ3v) is 3.58. The number of rotatable bonds is 1. The van der Waals surface area contributed by atoms with Crippen LogP contribution < -0.4 is 5.32 Å². The molecule has 0 aromatic carbocycles. The molecule has 3 aliphatic heterocycles. The van der Waals surface area contributed by atoms with Crippen LogP contribution in [0.5, 0.6) is 0 Å². The smallest absolute Gasteiger partial charge is 0.0671 e. The quantitative estimate of drug-likeness (QED) is 0.588. The Bertz CT molecular complexity index is 203. The first-order valence-electron chi connectivity index (χ1n) is 4.86. The van der Waals surface area contributed by atoms with Gasteiger partial charge in [-0.05, 0) is 13.3 Å². The Balaban J connectivity index is 1.77. The third-order valence-electron chi connectivity index (χ3n) is 3.58. The van der Waals surface area contributed by atoms with Crippen LogP contribution in [-0.4, -0.2) is 48.8 Å². The van der Waals surface area contributed by atoms with Crippen molar-refractivity contribution in [3.8, 4) is 0 Å². The Hall–Kier alpha value is -0.120. The first kappa shape index (κ1) is 7.30. The summed E-state index contributed by atoms with van der Waals surface area (Å²) in [4.78, 5) is 2.65. The number of hydrogen-bond donors (Lipinski definition) is 1. The van der Waals surface area contributed by atoms with Gasteiger partial charge < -0.3 is 10.1 Å². The van der Waals surface area contributed by atoms with Gasteiger partial charge in [0.2, 0.25) is 0 Å². The van der Waals surface area contributed by atoms with Crippen molar-refractivity contribution in [2.75, 3.05) is 26.3 Å². The SMILES string of the molecule is CC1(N2C[C@@H]3C[C@H]2CN3)COC1. The fourth-order valence-electron chi connectivity index (χ4n) is 2.79. The van der Waals surface area contributed by atoms with Gasteiger partial charge in [0, 0.05) is 25.2 Å². The predicted octanol–water partition coefficient (Wildman–Crippen LogP) is -0.179. The summed E-state index contributed by atoms with van der Waals surface area (Å²) in [5, 5.41) is 3.52. The van der Waals surface area contributed by atoms with Crippen molar-refractivity contribution in [3.63, 3.8) is 0 Å². The van der Waals surface area contributed by atoms with Crippen molar-refractivity contribution < 1.29 is 4.74 Å². The van der Waals surface area contributed by atoms with E-state index in [9.17, 15) is 0 Å². The number of ether oxygens (including phenoxy) is 1. The molecule has 0 radical (unpaired) electrons. The molecule has 3 aliphatic rings. The fourth-order valence-corrected chi connectivity index (χ4v) is 2.79. The number of likely N-dealkylation sites (tertiary alicyclic amines) is 1. The maximum Gasteiger partial charge on any atom is 0.0671 e. The van der Waals surface area contributed by atoms with Crippen LogP contribution in [0.4, 0.5) is 0 Å². The highest BCUT2D eigenvalue weighted by Gasteiger charge is 2.49. The number of hydrogen-bond acceptors (Lipinski definition) is 3. The molecule has 3 saturated heterocycles. The van der Waals surface area contributed by atoms with Gasteiger partial charge in [0.1, 0.15) is 0 Å². The van der Waals surface area contributed by atoms with Crippen molar-refractivity contribution in [1.82, 2.24) is 10.2 Å². The highest BCUT2D eigenvalue weighted by atomic mass is 16.5. The van der Waals surface area contributed by atoms with Crippen LogP contribution in [-0.2, 0) is 4.74 Å². The van der Waals surface area contributed by atoms with Crippen LogP contribution in [0.3, 0.4) is 0 Å². The molecule has 1 N–H and O–H groups in total. The topological polar surface area (TPSA) is 24.5 Å². The van der Waals surface area contributed by atoms with Gasteiger partial charge in [-0.3, -0.25) is 4.90 Å². The normalized spacial score (nSPS) is 44.8. The highest BCUT2D eigenvalue weighted by Crippen LogP contribution is 2.34. The highest BCUT2D eigenvalue weighted by molar-refractivity contribution is 5.06. The molecular formula is C9H16N2O. The van der Waals surface area contributed by atoms with Gasteiger partial charge in [0.25, 0.3) is 0 Å². The summed E-state index contributed by atoms with van der Waals surface area (Å²) in [6.45, 7) is 6.65. The van der Waals surface area contributed by atoms with E-state index >= 15 is 0 Å². The van der Waals surface area contributed by atoms with E-state index in [1.165, 1.54) is 19.5 Å². The van der Waals surface area contributed by atoms with Gasteiger partial charge >= 0.3 is 0 Å². The summed E-state index contributed by atoms with van der Waals surface area (Å²) in [7, 11) is 0. The second-order valence-corrected chi connectivity index (χ2v) is 4.64. The molecule has 0 aromatic rings. The summed E-state index contributed by atoms with van der Waals surface area (Å²) in [6.07, 6.45) is 1.36. The molecule has 0 amide bonds. The molecule has 3 fully saturated rings. The molecule has 12 heavy (non-hydrogen) atoms. The first-order chi connectivity index (χ1) is 5.78. The van der Waals surface area contributed by atoms with E-state index in [-0.39, 0.29) is 0 Å². The van der Waals surface area contributed by atoms with Gasteiger partial charge in [0.15, 0.2) is 0 Å². The molecule has 0 unspecified atom stereocenters. The largest absolute Gasteiger partial charge is 0.377 e.